The van der Waals surface area contributed by atoms with E-state index in [0.29, 0.717) is 23.7 Å². The Kier molecular flexibility index (Phi) is 5.62. The highest BCUT2D eigenvalue weighted by Crippen LogP contribution is 2.37. The molecule has 2 N–H and O–H groups in total. The molecule has 1 amide bonds. The fraction of sp³-hybridized carbons (Fsp3) is 0.375. The summed E-state index contributed by atoms with van der Waals surface area (Å²) in [5, 5.41) is 13.6. The molecular formula is C16H15F3N2O4S. The van der Waals surface area contributed by atoms with Gasteiger partial charge in [0.15, 0.2) is 16.6 Å². The van der Waals surface area contributed by atoms with Crippen molar-refractivity contribution in [3.8, 4) is 11.5 Å². The van der Waals surface area contributed by atoms with Gasteiger partial charge in [0.05, 0.1) is 12.3 Å². The maximum atomic E-state index is 13.3. The highest BCUT2D eigenvalue weighted by Gasteiger charge is 2.37. The lowest BCUT2D eigenvalue weighted by molar-refractivity contribution is -0.125. The van der Waals surface area contributed by atoms with Crippen LogP contribution in [0.25, 0.3) is 0 Å². The number of amides is 1. The fourth-order valence-corrected chi connectivity index (χ4v) is 3.17. The van der Waals surface area contributed by atoms with Crippen molar-refractivity contribution < 1.29 is 32.5 Å². The van der Waals surface area contributed by atoms with Gasteiger partial charge in [-0.05, 0) is 25.0 Å². The molecule has 0 bridgehead atoms. The summed E-state index contributed by atoms with van der Waals surface area (Å²) < 4.78 is 47.9. The second-order valence-corrected chi connectivity index (χ2v) is 6.53. The van der Waals surface area contributed by atoms with Crippen LogP contribution in [0.5, 0.6) is 11.5 Å². The van der Waals surface area contributed by atoms with E-state index in [4.69, 9.17) is 9.84 Å². The molecule has 26 heavy (non-hydrogen) atoms. The van der Waals surface area contributed by atoms with Crippen LogP contribution in [0.4, 0.5) is 18.3 Å². The van der Waals surface area contributed by atoms with Crippen molar-refractivity contribution >= 4 is 22.4 Å². The van der Waals surface area contributed by atoms with Crippen molar-refractivity contribution in [3.05, 3.63) is 35.1 Å². The maximum absolute atomic E-state index is 13.3. The van der Waals surface area contributed by atoms with Gasteiger partial charge in [0.25, 0.3) is 0 Å². The van der Waals surface area contributed by atoms with Gasteiger partial charge in [-0.3, -0.25) is 4.79 Å². The molecule has 1 saturated carbocycles. The normalized spacial score (nSPS) is 19.1. The number of carbonyl (C=O) groups excluding carboxylic acids is 1. The molecule has 0 unspecified atom stereocenters. The number of hydrogen-bond acceptors (Lipinski definition) is 6. The zero-order valence-corrected chi connectivity index (χ0v) is 14.1. The molecule has 0 saturated heterocycles. The number of alkyl halides is 2. The quantitative estimate of drug-likeness (QED) is 0.762. The van der Waals surface area contributed by atoms with Gasteiger partial charge in [0, 0.05) is 17.4 Å². The third-order valence-electron chi connectivity index (χ3n) is 3.82. The summed E-state index contributed by atoms with van der Waals surface area (Å²) in [5.41, 5.74) is 0.470. The summed E-state index contributed by atoms with van der Waals surface area (Å²) in [4.78, 5) is 16.1. The zero-order chi connectivity index (χ0) is 18.7. The number of halogens is 3. The largest absolute Gasteiger partial charge is 0.486 e. The van der Waals surface area contributed by atoms with E-state index in [1.54, 1.807) is 5.38 Å². The maximum Gasteiger partial charge on any atom is 0.387 e. The topological polar surface area (TPSA) is 80.7 Å². The second kappa shape index (κ2) is 7.92. The number of aliphatic hydroxyl groups excluding tert-OH is 1. The summed E-state index contributed by atoms with van der Waals surface area (Å²) in [7, 11) is 0. The van der Waals surface area contributed by atoms with Gasteiger partial charge in [0.2, 0.25) is 5.91 Å². The lowest BCUT2D eigenvalue weighted by Gasteiger charge is -2.34. The number of nitrogens with one attached hydrogen (secondary N) is 1. The molecule has 140 valence electrons. The predicted molar refractivity (Wildman–Crippen MR) is 86.8 cm³/mol. The van der Waals surface area contributed by atoms with Crippen LogP contribution in [0.2, 0.25) is 0 Å². The van der Waals surface area contributed by atoms with E-state index < -0.39 is 18.5 Å². The van der Waals surface area contributed by atoms with Crippen molar-refractivity contribution in [1.82, 2.24) is 4.98 Å². The molecule has 0 radical (unpaired) electrons. The minimum atomic E-state index is -3.05. The van der Waals surface area contributed by atoms with E-state index in [-0.39, 0.29) is 29.9 Å². The third-order valence-corrected chi connectivity index (χ3v) is 4.63. The molecule has 6 nitrogen and oxygen atoms in total. The van der Waals surface area contributed by atoms with Crippen LogP contribution in [-0.2, 0) is 11.4 Å². The Bertz CT molecular complexity index is 781. The van der Waals surface area contributed by atoms with Crippen LogP contribution in [0.15, 0.2) is 23.6 Å². The van der Waals surface area contributed by atoms with Gasteiger partial charge in [-0.1, -0.05) is 0 Å². The number of nitrogens with zero attached hydrogens (tertiary/aromatic N) is 1. The van der Waals surface area contributed by atoms with E-state index in [1.165, 1.54) is 11.3 Å². The van der Waals surface area contributed by atoms with E-state index in [0.717, 1.165) is 18.2 Å². The van der Waals surface area contributed by atoms with Gasteiger partial charge in [-0.2, -0.15) is 8.78 Å². The highest BCUT2D eigenvalue weighted by atomic mass is 32.1. The molecule has 0 aliphatic heterocycles. The molecule has 1 aliphatic carbocycles. The monoisotopic (exact) mass is 388 g/mol. The molecule has 1 aromatic carbocycles. The van der Waals surface area contributed by atoms with E-state index in [9.17, 15) is 18.0 Å². The molecule has 1 fully saturated rings. The number of hydrogen-bond donors (Lipinski definition) is 2. The fourth-order valence-electron chi connectivity index (χ4n) is 2.47. The van der Waals surface area contributed by atoms with Gasteiger partial charge >= 0.3 is 6.61 Å². The number of carbonyl (C=O) groups is 1. The number of anilines is 1. The Labute approximate surface area is 150 Å². The minimum absolute atomic E-state index is 0.123. The van der Waals surface area contributed by atoms with Gasteiger partial charge in [0.1, 0.15) is 11.9 Å². The standard InChI is InChI=1S/C16H15F3N2O4S/c17-9-1-2-12(25-15(18)19)13(5-9)24-11-3-8(4-11)14(23)21-16-20-10(6-22)7-26-16/h1-2,5,7-8,11,15,22H,3-4,6H2,(H,20,21,23)/t8-,11-. The smallest absolute Gasteiger partial charge is 0.387 e. The zero-order valence-electron chi connectivity index (χ0n) is 13.3. The summed E-state index contributed by atoms with van der Waals surface area (Å²) in [6.45, 7) is -3.26. The molecule has 1 heterocycles. The average molecular weight is 388 g/mol. The molecule has 1 aliphatic rings. The van der Waals surface area contributed by atoms with E-state index in [1.807, 2.05) is 0 Å². The molecule has 0 spiro atoms. The number of thiazole rings is 1. The lowest BCUT2D eigenvalue weighted by Crippen LogP contribution is -2.40. The number of aromatic nitrogens is 1. The first-order valence-corrected chi connectivity index (χ1v) is 8.59. The van der Waals surface area contributed by atoms with Crippen LogP contribution >= 0.6 is 11.3 Å². The van der Waals surface area contributed by atoms with Crippen molar-refractivity contribution in [1.29, 1.82) is 0 Å². The number of benzene rings is 1. The Morgan fingerprint density at radius 2 is 2.15 bits per heavy atom. The van der Waals surface area contributed by atoms with E-state index >= 15 is 0 Å². The Morgan fingerprint density at radius 3 is 2.81 bits per heavy atom. The van der Waals surface area contributed by atoms with Crippen LogP contribution in [0.1, 0.15) is 18.5 Å². The third kappa shape index (κ3) is 4.44. The summed E-state index contributed by atoms with van der Waals surface area (Å²) in [6.07, 6.45) is 0.306. The highest BCUT2D eigenvalue weighted by molar-refractivity contribution is 7.13. The first-order valence-electron chi connectivity index (χ1n) is 7.71. The van der Waals surface area contributed by atoms with Crippen LogP contribution in [0.3, 0.4) is 0 Å². The number of aliphatic hydroxyl groups is 1. The van der Waals surface area contributed by atoms with Crippen molar-refractivity contribution in [2.24, 2.45) is 5.92 Å². The van der Waals surface area contributed by atoms with Crippen molar-refractivity contribution in [2.45, 2.75) is 32.2 Å². The molecule has 1 aromatic heterocycles. The molecular weight excluding hydrogens is 373 g/mol. The molecule has 3 rings (SSSR count). The minimum Gasteiger partial charge on any atom is -0.486 e. The molecule has 2 aromatic rings. The predicted octanol–water partition coefficient (Wildman–Crippen LogP) is 3.17. The summed E-state index contributed by atoms with van der Waals surface area (Å²) in [5.74, 6) is -1.59. The first-order chi connectivity index (χ1) is 12.4. The van der Waals surface area contributed by atoms with E-state index in [2.05, 4.69) is 15.0 Å². The van der Waals surface area contributed by atoms with Crippen LogP contribution in [-0.4, -0.2) is 28.7 Å². The average Bonchev–Trinajstić information content (AvgIpc) is 2.99. The second-order valence-electron chi connectivity index (χ2n) is 5.67. The summed E-state index contributed by atoms with van der Waals surface area (Å²) in [6, 6.07) is 3.04. The Balaban J connectivity index is 1.53. The Hall–Kier alpha value is -2.33. The number of ether oxygens (including phenoxy) is 2. The Morgan fingerprint density at radius 1 is 1.38 bits per heavy atom. The first kappa shape index (κ1) is 18.5. The molecule has 10 heteroatoms. The SMILES string of the molecule is O=C(Nc1nc(CO)cs1)[C@H]1C[C@H](Oc2cc(F)ccc2OC(F)F)C1. The lowest BCUT2D eigenvalue weighted by atomic mass is 9.81. The van der Waals surface area contributed by atoms with Gasteiger partial charge in [-0.25, -0.2) is 9.37 Å². The van der Waals surface area contributed by atoms with Gasteiger partial charge in [-0.15, -0.1) is 11.3 Å². The molecule has 0 atom stereocenters. The van der Waals surface area contributed by atoms with Crippen molar-refractivity contribution in [2.75, 3.05) is 5.32 Å². The van der Waals surface area contributed by atoms with Crippen LogP contribution in [0, 0.1) is 11.7 Å². The van der Waals surface area contributed by atoms with Crippen LogP contribution < -0.4 is 14.8 Å². The van der Waals surface area contributed by atoms with Gasteiger partial charge < -0.3 is 19.9 Å². The summed E-state index contributed by atoms with van der Waals surface area (Å²) >= 11 is 1.20. The number of rotatable bonds is 7. The van der Waals surface area contributed by atoms with Crippen molar-refractivity contribution in [3.63, 3.8) is 0 Å².